The Bertz CT molecular complexity index is 763. The molecular weight excluding hydrogens is 395 g/mol. The molecule has 0 radical (unpaired) electrons. The van der Waals surface area contributed by atoms with Crippen LogP contribution in [0.15, 0.2) is 23.6 Å². The van der Waals surface area contributed by atoms with Crippen molar-refractivity contribution in [2.45, 2.75) is 18.9 Å². The van der Waals surface area contributed by atoms with Crippen LogP contribution in [0, 0.1) is 0 Å². The van der Waals surface area contributed by atoms with E-state index in [0.717, 1.165) is 38.2 Å². The third kappa shape index (κ3) is 5.23. The summed E-state index contributed by atoms with van der Waals surface area (Å²) in [5.74, 6) is 0.559. The smallest absolute Gasteiger partial charge is 0.270 e. The van der Waals surface area contributed by atoms with E-state index in [2.05, 4.69) is 15.2 Å². The predicted octanol–water partition coefficient (Wildman–Crippen LogP) is 3.31. The number of halogens is 2. The molecule has 0 unspecified atom stereocenters. The molecule has 1 saturated heterocycles. The second kappa shape index (κ2) is 8.90. The fourth-order valence-corrected chi connectivity index (χ4v) is 3.63. The number of anilines is 1. The molecule has 26 heavy (non-hydrogen) atoms. The van der Waals surface area contributed by atoms with Crippen LogP contribution in [-0.4, -0.2) is 48.1 Å². The highest BCUT2D eigenvalue weighted by molar-refractivity contribution is 7.13. The van der Waals surface area contributed by atoms with Crippen molar-refractivity contribution in [3.05, 3.63) is 39.3 Å². The number of nitrogens with zero attached hydrogens (tertiary/aromatic N) is 2. The molecule has 0 spiro atoms. The van der Waals surface area contributed by atoms with Crippen molar-refractivity contribution < 1.29 is 9.53 Å². The number of rotatable bonds is 6. The maximum atomic E-state index is 11.9. The van der Waals surface area contributed by atoms with Crippen molar-refractivity contribution in [2.75, 3.05) is 31.9 Å². The molecule has 1 aliphatic heterocycles. The molecule has 1 amide bonds. The highest BCUT2D eigenvalue weighted by Gasteiger charge is 2.21. The minimum atomic E-state index is -0.184. The molecule has 0 aliphatic carbocycles. The Hall–Kier alpha value is -1.54. The van der Waals surface area contributed by atoms with Crippen LogP contribution < -0.4 is 15.8 Å². The first-order chi connectivity index (χ1) is 12.5. The molecule has 9 heteroatoms. The van der Waals surface area contributed by atoms with Crippen molar-refractivity contribution in [1.29, 1.82) is 0 Å². The first kappa shape index (κ1) is 19.2. The highest BCUT2D eigenvalue weighted by Crippen LogP contribution is 2.28. The van der Waals surface area contributed by atoms with E-state index in [1.165, 1.54) is 11.3 Å². The molecule has 0 bridgehead atoms. The zero-order valence-electron chi connectivity index (χ0n) is 14.1. The van der Waals surface area contributed by atoms with Gasteiger partial charge in [-0.15, -0.1) is 11.3 Å². The number of nitrogens with one attached hydrogen (secondary N) is 1. The fourth-order valence-electron chi connectivity index (χ4n) is 2.80. The Labute approximate surface area is 166 Å². The Morgan fingerprint density at radius 3 is 2.77 bits per heavy atom. The maximum absolute atomic E-state index is 11.9. The van der Waals surface area contributed by atoms with E-state index in [1.807, 2.05) is 6.07 Å². The van der Waals surface area contributed by atoms with Gasteiger partial charge in [0.15, 0.2) is 5.13 Å². The van der Waals surface area contributed by atoms with Gasteiger partial charge in [0.2, 0.25) is 0 Å². The monoisotopic (exact) mass is 414 g/mol. The average Bonchev–Trinajstić information content (AvgIpc) is 3.06. The molecule has 2 aromatic rings. The van der Waals surface area contributed by atoms with Crippen molar-refractivity contribution in [3.8, 4) is 5.75 Å². The number of amides is 1. The minimum absolute atomic E-state index is 0.163. The third-order valence-corrected chi connectivity index (χ3v) is 5.61. The van der Waals surface area contributed by atoms with E-state index >= 15 is 0 Å². The zero-order valence-corrected chi connectivity index (χ0v) is 16.4. The lowest BCUT2D eigenvalue weighted by molar-refractivity contribution is 0.0902. The van der Waals surface area contributed by atoms with Crippen molar-refractivity contribution in [2.24, 2.45) is 0 Å². The fraction of sp³-hybridized carbons (Fsp3) is 0.412. The van der Waals surface area contributed by atoms with Crippen LogP contribution in [0.2, 0.25) is 10.0 Å². The summed E-state index contributed by atoms with van der Waals surface area (Å²) in [4.78, 5) is 18.2. The van der Waals surface area contributed by atoms with Crippen molar-refractivity contribution >= 4 is 45.6 Å². The molecule has 3 N–H and O–H groups in total. The first-order valence-electron chi connectivity index (χ1n) is 8.34. The number of likely N-dealkylation sites (tertiary alicyclic amines) is 1. The quantitative estimate of drug-likeness (QED) is 0.757. The van der Waals surface area contributed by atoms with E-state index in [-0.39, 0.29) is 12.0 Å². The second-order valence-corrected chi connectivity index (χ2v) is 7.77. The Kier molecular flexibility index (Phi) is 6.58. The molecule has 1 fully saturated rings. The van der Waals surface area contributed by atoms with Gasteiger partial charge in [-0.1, -0.05) is 23.2 Å². The molecule has 2 heterocycles. The summed E-state index contributed by atoms with van der Waals surface area (Å²) in [6.07, 6.45) is 2.02. The van der Waals surface area contributed by atoms with Crippen LogP contribution in [0.5, 0.6) is 5.75 Å². The number of nitrogens with two attached hydrogens (primary N) is 1. The topological polar surface area (TPSA) is 80.5 Å². The number of benzene rings is 1. The van der Waals surface area contributed by atoms with Gasteiger partial charge in [0.05, 0.1) is 10.0 Å². The number of nitrogen functional groups attached to an aromatic ring is 1. The van der Waals surface area contributed by atoms with Gasteiger partial charge >= 0.3 is 0 Å². The summed E-state index contributed by atoms with van der Waals surface area (Å²) in [7, 11) is 0. The summed E-state index contributed by atoms with van der Waals surface area (Å²) >= 11 is 13.2. The largest absolute Gasteiger partial charge is 0.490 e. The van der Waals surface area contributed by atoms with Crippen molar-refractivity contribution in [1.82, 2.24) is 15.2 Å². The number of carbonyl (C=O) groups is 1. The standard InChI is InChI=1S/C17H20Cl2N4O2S/c18-13-2-1-12(9-14(13)19)25-11-3-6-23(7-4-11)8-5-21-16(24)15-10-26-17(20)22-15/h1-2,9-11H,3-8H2,(H2,20,22)(H,21,24). The van der Waals surface area contributed by atoms with Crippen LogP contribution in [0.3, 0.4) is 0 Å². The van der Waals surface area contributed by atoms with Crippen LogP contribution in [0.1, 0.15) is 23.3 Å². The van der Waals surface area contributed by atoms with Crippen LogP contribution in [0.4, 0.5) is 5.13 Å². The Morgan fingerprint density at radius 2 is 2.12 bits per heavy atom. The lowest BCUT2D eigenvalue weighted by atomic mass is 10.1. The lowest BCUT2D eigenvalue weighted by Crippen LogP contribution is -2.42. The summed E-state index contributed by atoms with van der Waals surface area (Å²) in [5, 5.41) is 5.96. The second-order valence-electron chi connectivity index (χ2n) is 6.06. The summed E-state index contributed by atoms with van der Waals surface area (Å²) in [6, 6.07) is 5.32. The van der Waals surface area contributed by atoms with Gasteiger partial charge in [-0.3, -0.25) is 4.79 Å². The van der Waals surface area contributed by atoms with E-state index in [0.29, 0.717) is 27.4 Å². The van der Waals surface area contributed by atoms with Gasteiger partial charge < -0.3 is 20.7 Å². The Balaban J connectivity index is 1.37. The van der Waals surface area contributed by atoms with Crippen LogP contribution in [0.25, 0.3) is 0 Å². The molecule has 1 aromatic heterocycles. The number of hydrogen-bond acceptors (Lipinski definition) is 6. The maximum Gasteiger partial charge on any atom is 0.270 e. The molecule has 1 aliphatic rings. The predicted molar refractivity (Wildman–Crippen MR) is 105 cm³/mol. The van der Waals surface area contributed by atoms with Gasteiger partial charge in [0.25, 0.3) is 5.91 Å². The number of thiazole rings is 1. The number of hydrogen-bond donors (Lipinski definition) is 2. The molecule has 3 rings (SSSR count). The molecule has 6 nitrogen and oxygen atoms in total. The van der Waals surface area contributed by atoms with E-state index in [1.54, 1.807) is 17.5 Å². The van der Waals surface area contributed by atoms with Gasteiger partial charge in [0, 0.05) is 37.6 Å². The van der Waals surface area contributed by atoms with Crippen LogP contribution >= 0.6 is 34.5 Å². The number of ether oxygens (including phenoxy) is 1. The summed E-state index contributed by atoms with van der Waals surface area (Å²) < 4.78 is 5.98. The van der Waals surface area contributed by atoms with E-state index < -0.39 is 0 Å². The number of piperidine rings is 1. The first-order valence-corrected chi connectivity index (χ1v) is 9.98. The van der Waals surface area contributed by atoms with Gasteiger partial charge in [-0.05, 0) is 25.0 Å². The minimum Gasteiger partial charge on any atom is -0.490 e. The van der Waals surface area contributed by atoms with E-state index in [9.17, 15) is 4.79 Å². The lowest BCUT2D eigenvalue weighted by Gasteiger charge is -2.32. The SMILES string of the molecule is Nc1nc(C(=O)NCCN2CCC(Oc3ccc(Cl)c(Cl)c3)CC2)cs1. The molecule has 0 atom stereocenters. The van der Waals surface area contributed by atoms with Gasteiger partial charge in [-0.2, -0.15) is 0 Å². The van der Waals surface area contributed by atoms with Gasteiger partial charge in [0.1, 0.15) is 17.5 Å². The molecule has 0 saturated carbocycles. The van der Waals surface area contributed by atoms with Crippen LogP contribution in [-0.2, 0) is 0 Å². The highest BCUT2D eigenvalue weighted by atomic mass is 35.5. The summed E-state index contributed by atoms with van der Waals surface area (Å²) in [6.45, 7) is 3.22. The molecule has 1 aromatic carbocycles. The molecular formula is C17H20Cl2N4O2S. The average molecular weight is 415 g/mol. The van der Waals surface area contributed by atoms with Gasteiger partial charge in [-0.25, -0.2) is 4.98 Å². The third-order valence-electron chi connectivity index (χ3n) is 4.20. The summed E-state index contributed by atoms with van der Waals surface area (Å²) in [5.41, 5.74) is 5.92. The van der Waals surface area contributed by atoms with E-state index in [4.69, 9.17) is 33.7 Å². The molecule has 140 valence electrons. The Morgan fingerprint density at radius 1 is 1.35 bits per heavy atom. The zero-order chi connectivity index (χ0) is 18.5. The number of aromatic nitrogens is 1. The number of carbonyl (C=O) groups excluding carboxylic acids is 1. The normalized spacial score (nSPS) is 15.8. The van der Waals surface area contributed by atoms with Crippen molar-refractivity contribution in [3.63, 3.8) is 0 Å².